The molecule has 0 aromatic heterocycles. The highest BCUT2D eigenvalue weighted by Gasteiger charge is 2.28. The van der Waals surface area contributed by atoms with Crippen LogP contribution in [0.4, 0.5) is 0 Å². The van der Waals surface area contributed by atoms with Crippen LogP contribution in [-0.2, 0) is 16.1 Å². The van der Waals surface area contributed by atoms with Crippen LogP contribution in [0.2, 0.25) is 0 Å². The van der Waals surface area contributed by atoms with E-state index in [0.717, 1.165) is 0 Å². The van der Waals surface area contributed by atoms with Gasteiger partial charge in [-0.2, -0.15) is 0 Å². The van der Waals surface area contributed by atoms with Crippen molar-refractivity contribution in [2.75, 3.05) is 0 Å². The molecule has 4 N–H and O–H groups in total. The molecule has 0 amide bonds. The predicted octanol–water partition coefficient (Wildman–Crippen LogP) is 1.45. The van der Waals surface area contributed by atoms with Gasteiger partial charge in [-0.1, -0.05) is 6.07 Å². The lowest BCUT2D eigenvalue weighted by Crippen LogP contribution is -2.16. The largest absolute Gasteiger partial charge is 0.504 e. The van der Waals surface area contributed by atoms with Gasteiger partial charge < -0.3 is 25.2 Å². The molecule has 1 atom stereocenters. The molecule has 8 heteroatoms. The van der Waals surface area contributed by atoms with E-state index in [1.807, 2.05) is 0 Å². The number of aliphatic imine (C=N–C) groups is 2. The second-order valence-corrected chi connectivity index (χ2v) is 5.32. The summed E-state index contributed by atoms with van der Waals surface area (Å²) >= 11 is 0. The zero-order valence-corrected chi connectivity index (χ0v) is 12.8. The Bertz CT molecular complexity index is 891. The van der Waals surface area contributed by atoms with E-state index in [1.165, 1.54) is 36.5 Å². The average Bonchev–Trinajstić information content (AvgIpc) is 2.94. The Morgan fingerprint density at radius 2 is 1.68 bits per heavy atom. The first-order valence-electron chi connectivity index (χ1n) is 7.26. The number of phenols is 4. The molecule has 0 saturated carbocycles. The first-order valence-corrected chi connectivity index (χ1v) is 7.26. The third-order valence-corrected chi connectivity index (χ3v) is 3.48. The summed E-state index contributed by atoms with van der Waals surface area (Å²) in [6.45, 7) is 0.183. The smallest absolute Gasteiger partial charge is 0.343 e. The van der Waals surface area contributed by atoms with Crippen LogP contribution < -0.4 is 0 Å². The van der Waals surface area contributed by atoms with Gasteiger partial charge in [-0.15, -0.1) is 0 Å². The number of esters is 1. The van der Waals surface area contributed by atoms with Gasteiger partial charge in [-0.05, 0) is 35.9 Å². The van der Waals surface area contributed by atoms with E-state index in [4.69, 9.17) is 4.74 Å². The lowest BCUT2D eigenvalue weighted by atomic mass is 10.2. The number of hydrogen-bond donors (Lipinski definition) is 4. The highest BCUT2D eigenvalue weighted by Crippen LogP contribution is 2.27. The fraction of sp³-hybridized carbons (Fsp3) is 0.118. The van der Waals surface area contributed by atoms with Gasteiger partial charge in [-0.3, -0.25) is 4.99 Å². The van der Waals surface area contributed by atoms with Crippen molar-refractivity contribution in [2.45, 2.75) is 12.6 Å². The van der Waals surface area contributed by atoms with Gasteiger partial charge >= 0.3 is 5.97 Å². The number of nitrogens with zero attached hydrogens (tertiary/aromatic N) is 2. The monoisotopic (exact) mass is 342 g/mol. The molecule has 1 aliphatic rings. The molecule has 3 rings (SSSR count). The van der Waals surface area contributed by atoms with Crippen molar-refractivity contribution < 1.29 is 30.0 Å². The standard InChI is InChI=1S/C17H14N2O6/c20-12-3-1-9(5-14(12)22)7-18-8-11-17(24)25-16(19-11)10-2-4-13(21)15(23)6-10/h1-6,8,11,20-23H,7H2. The van der Waals surface area contributed by atoms with E-state index in [9.17, 15) is 25.2 Å². The molecule has 0 radical (unpaired) electrons. The van der Waals surface area contributed by atoms with Crippen molar-refractivity contribution >= 4 is 18.1 Å². The second kappa shape index (κ2) is 6.52. The second-order valence-electron chi connectivity index (χ2n) is 5.32. The van der Waals surface area contributed by atoms with Crippen molar-refractivity contribution in [3.8, 4) is 23.0 Å². The molecule has 1 aliphatic heterocycles. The summed E-state index contributed by atoms with van der Waals surface area (Å²) in [7, 11) is 0. The number of hydrogen-bond acceptors (Lipinski definition) is 8. The first kappa shape index (κ1) is 16.3. The fourth-order valence-electron chi connectivity index (χ4n) is 2.17. The number of carbonyl (C=O) groups is 1. The van der Waals surface area contributed by atoms with Crippen LogP contribution in [-0.4, -0.2) is 44.5 Å². The van der Waals surface area contributed by atoms with Crippen LogP contribution in [0.5, 0.6) is 23.0 Å². The van der Waals surface area contributed by atoms with Gasteiger partial charge in [-0.25, -0.2) is 9.79 Å². The molecule has 2 aromatic carbocycles. The summed E-state index contributed by atoms with van der Waals surface area (Å²) in [5.41, 5.74) is 0.994. The maximum atomic E-state index is 11.8. The molecule has 0 aliphatic carbocycles. The lowest BCUT2D eigenvalue weighted by Gasteiger charge is -2.01. The Balaban J connectivity index is 1.71. The van der Waals surface area contributed by atoms with Crippen LogP contribution >= 0.6 is 0 Å². The summed E-state index contributed by atoms with van der Waals surface area (Å²) in [4.78, 5) is 20.0. The van der Waals surface area contributed by atoms with Crippen molar-refractivity contribution in [3.05, 3.63) is 47.5 Å². The molecule has 0 bridgehead atoms. The van der Waals surface area contributed by atoms with Crippen LogP contribution in [0, 0.1) is 0 Å². The molecule has 1 unspecified atom stereocenters. The number of cyclic esters (lactones) is 1. The lowest BCUT2D eigenvalue weighted by molar-refractivity contribution is -0.133. The minimum absolute atomic E-state index is 0.0269. The number of carbonyl (C=O) groups excluding carboxylic acids is 1. The molecule has 128 valence electrons. The highest BCUT2D eigenvalue weighted by molar-refractivity contribution is 6.11. The molecule has 1 heterocycles. The zero-order chi connectivity index (χ0) is 18.0. The van der Waals surface area contributed by atoms with E-state index >= 15 is 0 Å². The number of benzene rings is 2. The van der Waals surface area contributed by atoms with Crippen LogP contribution in [0.15, 0.2) is 46.4 Å². The normalized spacial score (nSPS) is 16.9. The summed E-state index contributed by atoms with van der Waals surface area (Å²) < 4.78 is 5.05. The van der Waals surface area contributed by atoms with Gasteiger partial charge in [0.05, 0.1) is 6.54 Å². The van der Waals surface area contributed by atoms with Gasteiger partial charge in [0.15, 0.2) is 29.0 Å². The van der Waals surface area contributed by atoms with Crippen molar-refractivity contribution in [1.29, 1.82) is 0 Å². The van der Waals surface area contributed by atoms with Crippen LogP contribution in [0.1, 0.15) is 11.1 Å². The fourth-order valence-corrected chi connectivity index (χ4v) is 2.17. The average molecular weight is 342 g/mol. The Kier molecular flexibility index (Phi) is 4.25. The minimum Gasteiger partial charge on any atom is -0.504 e. The molecule has 8 nitrogen and oxygen atoms in total. The third kappa shape index (κ3) is 3.52. The van der Waals surface area contributed by atoms with E-state index in [0.29, 0.717) is 11.1 Å². The molecule has 0 saturated heterocycles. The number of phenolic OH excluding ortho intramolecular Hbond substituents is 4. The maximum absolute atomic E-state index is 11.8. The highest BCUT2D eigenvalue weighted by atomic mass is 16.6. The van der Waals surface area contributed by atoms with Gasteiger partial charge in [0, 0.05) is 11.8 Å². The quantitative estimate of drug-likeness (QED) is 0.378. The Hall–Kier alpha value is -3.55. The summed E-state index contributed by atoms with van der Waals surface area (Å²) in [5.74, 6) is -1.69. The Morgan fingerprint density at radius 3 is 2.36 bits per heavy atom. The molecular weight excluding hydrogens is 328 g/mol. The summed E-state index contributed by atoms with van der Waals surface area (Å²) in [6.07, 6.45) is 1.32. The van der Waals surface area contributed by atoms with Crippen molar-refractivity contribution in [1.82, 2.24) is 0 Å². The number of ether oxygens (including phenoxy) is 1. The van der Waals surface area contributed by atoms with Crippen molar-refractivity contribution in [2.24, 2.45) is 9.98 Å². The van der Waals surface area contributed by atoms with E-state index in [-0.39, 0.29) is 35.4 Å². The van der Waals surface area contributed by atoms with E-state index < -0.39 is 12.0 Å². The SMILES string of the molecule is O=C1OC(c2ccc(O)c(O)c2)=NC1C=NCc1ccc(O)c(O)c1. The molecule has 0 spiro atoms. The van der Waals surface area contributed by atoms with Gasteiger partial charge in [0.25, 0.3) is 0 Å². The molecule has 25 heavy (non-hydrogen) atoms. The van der Waals surface area contributed by atoms with Crippen LogP contribution in [0.3, 0.4) is 0 Å². The Labute approximate surface area is 142 Å². The van der Waals surface area contributed by atoms with Gasteiger partial charge in [0.1, 0.15) is 0 Å². The molecule has 0 fully saturated rings. The van der Waals surface area contributed by atoms with E-state index in [2.05, 4.69) is 9.98 Å². The topological polar surface area (TPSA) is 132 Å². The maximum Gasteiger partial charge on any atom is 0.343 e. The minimum atomic E-state index is -0.920. The predicted molar refractivity (Wildman–Crippen MR) is 88.2 cm³/mol. The third-order valence-electron chi connectivity index (χ3n) is 3.48. The summed E-state index contributed by atoms with van der Waals surface area (Å²) in [5, 5.41) is 37.5. The molecular formula is C17H14N2O6. The van der Waals surface area contributed by atoms with E-state index in [1.54, 1.807) is 6.07 Å². The number of rotatable bonds is 4. The Morgan fingerprint density at radius 1 is 1.00 bits per heavy atom. The zero-order valence-electron chi connectivity index (χ0n) is 12.8. The summed E-state index contributed by atoms with van der Waals surface area (Å²) in [6, 6.07) is 7.34. The first-order chi connectivity index (χ1) is 11.9. The van der Waals surface area contributed by atoms with Crippen molar-refractivity contribution in [3.63, 3.8) is 0 Å². The number of aromatic hydroxyl groups is 4. The van der Waals surface area contributed by atoms with Gasteiger partial charge in [0.2, 0.25) is 5.90 Å². The van der Waals surface area contributed by atoms with Crippen LogP contribution in [0.25, 0.3) is 0 Å². The molecule has 2 aromatic rings.